The second kappa shape index (κ2) is 11.3. The molecule has 0 aliphatic carbocycles. The Kier molecular flexibility index (Phi) is 8.84. The van der Waals surface area contributed by atoms with Crippen LogP contribution in [0, 0.1) is 0 Å². The number of carbonyl (C=O) groups excluding carboxylic acids is 2. The van der Waals surface area contributed by atoms with Crippen molar-refractivity contribution in [1.29, 1.82) is 0 Å². The van der Waals surface area contributed by atoms with Crippen LogP contribution in [-0.2, 0) is 17.9 Å². The number of carbonyl (C=O) groups is 2. The van der Waals surface area contributed by atoms with Gasteiger partial charge in [-0.25, -0.2) is 0 Å². The van der Waals surface area contributed by atoms with Gasteiger partial charge in [0, 0.05) is 38.4 Å². The fourth-order valence-electron chi connectivity index (χ4n) is 2.84. The summed E-state index contributed by atoms with van der Waals surface area (Å²) < 4.78 is 0. The van der Waals surface area contributed by atoms with Gasteiger partial charge in [0.05, 0.1) is 18.8 Å². The molecule has 0 radical (unpaired) electrons. The van der Waals surface area contributed by atoms with E-state index in [-0.39, 0.29) is 42.3 Å². The summed E-state index contributed by atoms with van der Waals surface area (Å²) in [6.45, 7) is 2.30. The van der Waals surface area contributed by atoms with E-state index < -0.39 is 0 Å². The minimum Gasteiger partial charge on any atom is -0.353 e. The first-order valence-electron chi connectivity index (χ1n) is 9.15. The van der Waals surface area contributed by atoms with Gasteiger partial charge >= 0.3 is 0 Å². The van der Waals surface area contributed by atoms with E-state index in [1.165, 1.54) is 0 Å². The van der Waals surface area contributed by atoms with Gasteiger partial charge in [-0.2, -0.15) is 0 Å². The molecule has 2 heterocycles. The second-order valence-electron chi connectivity index (χ2n) is 6.37. The minimum absolute atomic E-state index is 0. The van der Waals surface area contributed by atoms with Crippen molar-refractivity contribution < 1.29 is 9.59 Å². The van der Waals surface area contributed by atoms with Gasteiger partial charge in [0.15, 0.2) is 5.96 Å². The standard InChI is InChI=1S/C20H24N6O2.HI/c1-21-20(25-13-17-4-2-3-9-22-17)24-12-15-5-7-16(8-6-15)19(28)26-11-10-23-18(27)14-26;/h2-9H,10-14H2,1H3,(H,23,27)(H2,21,24,25);1H. The van der Waals surface area contributed by atoms with Gasteiger partial charge < -0.3 is 20.9 Å². The lowest BCUT2D eigenvalue weighted by Crippen LogP contribution is -2.49. The molecule has 3 N–H and O–H groups in total. The van der Waals surface area contributed by atoms with Crippen molar-refractivity contribution >= 4 is 41.8 Å². The Bertz CT molecular complexity index is 842. The number of rotatable bonds is 5. The van der Waals surface area contributed by atoms with Gasteiger partial charge in [0.1, 0.15) is 0 Å². The number of hydrogen-bond acceptors (Lipinski definition) is 4. The predicted molar refractivity (Wildman–Crippen MR) is 122 cm³/mol. The highest BCUT2D eigenvalue weighted by Gasteiger charge is 2.22. The highest BCUT2D eigenvalue weighted by Crippen LogP contribution is 2.09. The lowest BCUT2D eigenvalue weighted by molar-refractivity contribution is -0.123. The van der Waals surface area contributed by atoms with Crippen LogP contribution in [0.5, 0.6) is 0 Å². The van der Waals surface area contributed by atoms with Crippen LogP contribution in [0.3, 0.4) is 0 Å². The monoisotopic (exact) mass is 508 g/mol. The molecule has 1 aromatic carbocycles. The number of pyridine rings is 1. The van der Waals surface area contributed by atoms with E-state index in [4.69, 9.17) is 0 Å². The Morgan fingerprint density at radius 1 is 1.17 bits per heavy atom. The maximum Gasteiger partial charge on any atom is 0.254 e. The number of benzene rings is 1. The third-order valence-corrected chi connectivity index (χ3v) is 4.37. The number of hydrogen-bond donors (Lipinski definition) is 3. The number of amides is 2. The third kappa shape index (κ3) is 6.70. The van der Waals surface area contributed by atoms with Crippen molar-refractivity contribution in [2.24, 2.45) is 4.99 Å². The zero-order valence-electron chi connectivity index (χ0n) is 16.2. The first-order valence-corrected chi connectivity index (χ1v) is 9.15. The van der Waals surface area contributed by atoms with Gasteiger partial charge in [0.2, 0.25) is 5.91 Å². The molecule has 0 unspecified atom stereocenters. The number of nitrogens with zero attached hydrogens (tertiary/aromatic N) is 3. The maximum atomic E-state index is 12.5. The topological polar surface area (TPSA) is 98.7 Å². The van der Waals surface area contributed by atoms with E-state index in [0.717, 1.165) is 11.3 Å². The number of piperazine rings is 1. The van der Waals surface area contributed by atoms with E-state index >= 15 is 0 Å². The summed E-state index contributed by atoms with van der Waals surface area (Å²) in [5.74, 6) is 0.428. The third-order valence-electron chi connectivity index (χ3n) is 4.37. The summed E-state index contributed by atoms with van der Waals surface area (Å²) in [4.78, 5) is 34.0. The van der Waals surface area contributed by atoms with Crippen molar-refractivity contribution in [3.63, 3.8) is 0 Å². The fraction of sp³-hybridized carbons (Fsp3) is 0.300. The number of halogens is 1. The SMILES string of the molecule is CN=C(NCc1ccc(C(=O)N2CCNC(=O)C2)cc1)NCc1ccccn1.I. The molecule has 1 aromatic heterocycles. The van der Waals surface area contributed by atoms with Gasteiger partial charge in [-0.15, -0.1) is 24.0 Å². The molecule has 2 amide bonds. The molecule has 2 aromatic rings. The Morgan fingerprint density at radius 3 is 2.59 bits per heavy atom. The van der Waals surface area contributed by atoms with Crippen LogP contribution in [0.1, 0.15) is 21.6 Å². The molecular weight excluding hydrogens is 483 g/mol. The molecule has 0 bridgehead atoms. The molecular formula is C20H25IN6O2. The smallest absolute Gasteiger partial charge is 0.254 e. The Balaban J connectivity index is 0.00000300. The van der Waals surface area contributed by atoms with E-state index in [9.17, 15) is 9.59 Å². The Hall–Kier alpha value is -2.69. The lowest BCUT2D eigenvalue weighted by Gasteiger charge is -2.26. The molecule has 0 saturated carbocycles. The zero-order chi connectivity index (χ0) is 19.8. The maximum absolute atomic E-state index is 12.5. The fourth-order valence-corrected chi connectivity index (χ4v) is 2.84. The largest absolute Gasteiger partial charge is 0.353 e. The van der Waals surface area contributed by atoms with Crippen molar-refractivity contribution in [3.05, 3.63) is 65.5 Å². The van der Waals surface area contributed by atoms with Crippen LogP contribution in [-0.4, -0.2) is 54.3 Å². The van der Waals surface area contributed by atoms with Crippen molar-refractivity contribution in [1.82, 2.24) is 25.8 Å². The molecule has 0 spiro atoms. The van der Waals surface area contributed by atoms with Gasteiger partial charge in [-0.1, -0.05) is 18.2 Å². The number of guanidine groups is 1. The molecule has 154 valence electrons. The number of nitrogens with one attached hydrogen (secondary N) is 3. The molecule has 1 aliphatic heterocycles. The van der Waals surface area contributed by atoms with Crippen LogP contribution in [0.4, 0.5) is 0 Å². The summed E-state index contributed by atoms with van der Waals surface area (Å²) in [6.07, 6.45) is 1.76. The van der Waals surface area contributed by atoms with Gasteiger partial charge in [-0.3, -0.25) is 19.6 Å². The zero-order valence-corrected chi connectivity index (χ0v) is 18.6. The summed E-state index contributed by atoms with van der Waals surface area (Å²) in [5, 5.41) is 9.17. The Labute approximate surface area is 187 Å². The number of aliphatic imine (C=N–C) groups is 1. The predicted octanol–water partition coefficient (Wildman–Crippen LogP) is 1.14. The highest BCUT2D eigenvalue weighted by molar-refractivity contribution is 14.0. The average Bonchev–Trinajstić information content (AvgIpc) is 2.74. The summed E-state index contributed by atoms with van der Waals surface area (Å²) in [7, 11) is 1.71. The summed E-state index contributed by atoms with van der Waals surface area (Å²) in [5.41, 5.74) is 2.53. The van der Waals surface area contributed by atoms with Crippen LogP contribution in [0.15, 0.2) is 53.7 Å². The van der Waals surface area contributed by atoms with E-state index in [1.807, 2.05) is 30.3 Å². The molecule has 1 saturated heterocycles. The molecule has 1 fully saturated rings. The van der Waals surface area contributed by atoms with Gasteiger partial charge in [-0.05, 0) is 29.8 Å². The molecule has 9 heteroatoms. The van der Waals surface area contributed by atoms with Crippen LogP contribution < -0.4 is 16.0 Å². The van der Waals surface area contributed by atoms with Crippen molar-refractivity contribution in [3.8, 4) is 0 Å². The molecule has 8 nitrogen and oxygen atoms in total. The molecule has 3 rings (SSSR count). The first-order chi connectivity index (χ1) is 13.7. The molecule has 0 atom stereocenters. The second-order valence-corrected chi connectivity index (χ2v) is 6.37. The average molecular weight is 508 g/mol. The summed E-state index contributed by atoms with van der Waals surface area (Å²) in [6, 6.07) is 13.1. The molecule has 29 heavy (non-hydrogen) atoms. The highest BCUT2D eigenvalue weighted by atomic mass is 127. The quantitative estimate of drug-likeness (QED) is 0.320. The van der Waals surface area contributed by atoms with Crippen molar-refractivity contribution in [2.75, 3.05) is 26.7 Å². The van der Waals surface area contributed by atoms with E-state index in [1.54, 1.807) is 30.3 Å². The molecule has 1 aliphatic rings. The van der Waals surface area contributed by atoms with Crippen molar-refractivity contribution in [2.45, 2.75) is 13.1 Å². The van der Waals surface area contributed by atoms with Crippen LogP contribution in [0.25, 0.3) is 0 Å². The van der Waals surface area contributed by atoms with E-state index in [2.05, 4.69) is 25.9 Å². The van der Waals surface area contributed by atoms with Crippen LogP contribution >= 0.6 is 24.0 Å². The minimum atomic E-state index is -0.123. The normalized spacial score (nSPS) is 13.9. The lowest BCUT2D eigenvalue weighted by atomic mass is 10.1. The Morgan fingerprint density at radius 2 is 1.93 bits per heavy atom. The van der Waals surface area contributed by atoms with Gasteiger partial charge in [0.25, 0.3) is 5.91 Å². The first kappa shape index (κ1) is 22.6. The van der Waals surface area contributed by atoms with E-state index in [0.29, 0.717) is 37.7 Å². The van der Waals surface area contributed by atoms with Crippen LogP contribution in [0.2, 0.25) is 0 Å². The summed E-state index contributed by atoms with van der Waals surface area (Å²) >= 11 is 0. The number of aromatic nitrogens is 1.